The summed E-state index contributed by atoms with van der Waals surface area (Å²) in [5, 5.41) is 20.4. The van der Waals surface area contributed by atoms with E-state index in [0.717, 1.165) is 37.3 Å². The molecular formula is C20H31ClIN5O2. The second-order valence-electron chi connectivity index (χ2n) is 6.58. The second kappa shape index (κ2) is 14.6. The maximum absolute atomic E-state index is 9.19. The molecule has 2 aromatic rings. The van der Waals surface area contributed by atoms with Gasteiger partial charge in [-0.3, -0.25) is 4.99 Å². The number of benzene rings is 1. The first kappa shape index (κ1) is 25.6. The van der Waals surface area contributed by atoms with Crippen molar-refractivity contribution < 1.29 is 9.63 Å². The van der Waals surface area contributed by atoms with E-state index in [1.54, 1.807) is 12.1 Å². The minimum absolute atomic E-state index is 0. The van der Waals surface area contributed by atoms with Crippen molar-refractivity contribution in [2.75, 3.05) is 26.2 Å². The third-order valence-electron chi connectivity index (χ3n) is 4.29. The number of nitrogens with zero attached hydrogens (tertiary/aromatic N) is 3. The topological polar surface area (TPSA) is 95.6 Å². The summed E-state index contributed by atoms with van der Waals surface area (Å²) in [4.78, 5) is 9.07. The van der Waals surface area contributed by atoms with Crippen LogP contribution in [0.2, 0.25) is 5.02 Å². The number of aliphatic imine (C=N–C) groups is 1. The molecule has 9 heteroatoms. The molecule has 0 fully saturated rings. The van der Waals surface area contributed by atoms with Crippen LogP contribution in [0.3, 0.4) is 0 Å². The Morgan fingerprint density at radius 1 is 1.21 bits per heavy atom. The van der Waals surface area contributed by atoms with Crippen molar-refractivity contribution in [3.8, 4) is 11.4 Å². The van der Waals surface area contributed by atoms with Crippen molar-refractivity contribution in [1.82, 2.24) is 20.8 Å². The van der Waals surface area contributed by atoms with E-state index >= 15 is 0 Å². The van der Waals surface area contributed by atoms with E-state index in [9.17, 15) is 5.11 Å². The lowest BCUT2D eigenvalue weighted by molar-refractivity contribution is 0.253. The molecule has 29 heavy (non-hydrogen) atoms. The Kier molecular flexibility index (Phi) is 12.9. The standard InChI is InChI=1S/C20H30ClN5O2.HI/c1-3-5-15(11-13-27)14-24-20(22-4-2)23-12-10-18-25-19(26-28-18)16-6-8-17(21)9-7-16;/h6-9,15,27H,3-5,10-14H2,1-2H3,(H2,22,23,24);1H. The van der Waals surface area contributed by atoms with Gasteiger partial charge in [0.15, 0.2) is 5.96 Å². The van der Waals surface area contributed by atoms with Crippen molar-refractivity contribution in [3.63, 3.8) is 0 Å². The Hall–Kier alpha value is -1.39. The van der Waals surface area contributed by atoms with Crippen molar-refractivity contribution in [3.05, 3.63) is 35.2 Å². The van der Waals surface area contributed by atoms with Crippen molar-refractivity contribution in [1.29, 1.82) is 0 Å². The molecule has 7 nitrogen and oxygen atoms in total. The van der Waals surface area contributed by atoms with Crippen LogP contribution in [-0.4, -0.2) is 47.4 Å². The van der Waals surface area contributed by atoms with Gasteiger partial charge in [-0.2, -0.15) is 4.98 Å². The third-order valence-corrected chi connectivity index (χ3v) is 4.54. The lowest BCUT2D eigenvalue weighted by atomic mass is 10.0. The summed E-state index contributed by atoms with van der Waals surface area (Å²) in [5.41, 5.74) is 0.869. The van der Waals surface area contributed by atoms with Crippen LogP contribution in [-0.2, 0) is 6.42 Å². The summed E-state index contributed by atoms with van der Waals surface area (Å²) >= 11 is 5.91. The summed E-state index contributed by atoms with van der Waals surface area (Å²) in [7, 11) is 0. The molecule has 1 unspecified atom stereocenters. The molecule has 0 aliphatic carbocycles. The molecule has 0 spiro atoms. The van der Waals surface area contributed by atoms with E-state index in [4.69, 9.17) is 16.1 Å². The summed E-state index contributed by atoms with van der Waals surface area (Å²) in [6, 6.07) is 7.33. The van der Waals surface area contributed by atoms with Crippen LogP contribution in [0.15, 0.2) is 33.8 Å². The minimum Gasteiger partial charge on any atom is -0.396 e. The van der Waals surface area contributed by atoms with Gasteiger partial charge in [-0.15, -0.1) is 24.0 Å². The first-order valence-corrected chi connectivity index (χ1v) is 10.3. The van der Waals surface area contributed by atoms with Crippen LogP contribution < -0.4 is 10.6 Å². The molecular weight excluding hydrogens is 505 g/mol. The van der Waals surface area contributed by atoms with Gasteiger partial charge < -0.3 is 20.3 Å². The van der Waals surface area contributed by atoms with Gasteiger partial charge in [0.1, 0.15) is 0 Å². The number of halogens is 2. The zero-order valence-electron chi connectivity index (χ0n) is 17.0. The average molecular weight is 536 g/mol. The van der Waals surface area contributed by atoms with E-state index in [0.29, 0.717) is 42.2 Å². The maximum atomic E-state index is 9.19. The van der Waals surface area contributed by atoms with E-state index < -0.39 is 0 Å². The molecule has 0 saturated carbocycles. The largest absolute Gasteiger partial charge is 0.396 e. The average Bonchev–Trinajstić information content (AvgIpc) is 3.15. The third kappa shape index (κ3) is 9.31. The Balaban J connectivity index is 0.00000420. The van der Waals surface area contributed by atoms with Crippen LogP contribution in [0.5, 0.6) is 0 Å². The molecule has 0 amide bonds. The van der Waals surface area contributed by atoms with E-state index in [1.165, 1.54) is 0 Å². The lowest BCUT2D eigenvalue weighted by Crippen LogP contribution is -2.38. The van der Waals surface area contributed by atoms with Crippen LogP contribution in [0.4, 0.5) is 0 Å². The van der Waals surface area contributed by atoms with Gasteiger partial charge in [-0.05, 0) is 49.9 Å². The van der Waals surface area contributed by atoms with Crippen molar-refractivity contribution in [2.24, 2.45) is 10.9 Å². The number of aromatic nitrogens is 2. The summed E-state index contributed by atoms with van der Waals surface area (Å²) in [6.07, 6.45) is 3.54. The lowest BCUT2D eigenvalue weighted by Gasteiger charge is -2.15. The van der Waals surface area contributed by atoms with E-state index in [-0.39, 0.29) is 30.6 Å². The number of guanidine groups is 1. The van der Waals surface area contributed by atoms with Gasteiger partial charge in [0.25, 0.3) is 0 Å². The highest BCUT2D eigenvalue weighted by atomic mass is 127. The Morgan fingerprint density at radius 2 is 1.97 bits per heavy atom. The second-order valence-corrected chi connectivity index (χ2v) is 7.02. The molecule has 0 saturated heterocycles. The molecule has 2 rings (SSSR count). The molecule has 0 aliphatic rings. The predicted octanol–water partition coefficient (Wildman–Crippen LogP) is 3.90. The number of rotatable bonds is 11. The van der Waals surface area contributed by atoms with Gasteiger partial charge in [0.2, 0.25) is 11.7 Å². The molecule has 1 aromatic carbocycles. The maximum Gasteiger partial charge on any atom is 0.228 e. The predicted molar refractivity (Wildman–Crippen MR) is 128 cm³/mol. The van der Waals surface area contributed by atoms with E-state index in [1.807, 2.05) is 19.1 Å². The Morgan fingerprint density at radius 3 is 2.62 bits per heavy atom. The van der Waals surface area contributed by atoms with Crippen LogP contribution in [0, 0.1) is 5.92 Å². The fraction of sp³-hybridized carbons (Fsp3) is 0.550. The highest BCUT2D eigenvalue weighted by Gasteiger charge is 2.10. The van der Waals surface area contributed by atoms with Crippen LogP contribution in [0.1, 0.15) is 39.0 Å². The zero-order chi connectivity index (χ0) is 20.2. The number of aliphatic hydroxyl groups excluding tert-OH is 1. The fourth-order valence-electron chi connectivity index (χ4n) is 2.84. The highest BCUT2D eigenvalue weighted by molar-refractivity contribution is 14.0. The highest BCUT2D eigenvalue weighted by Crippen LogP contribution is 2.18. The van der Waals surface area contributed by atoms with Crippen molar-refractivity contribution >= 4 is 41.5 Å². The smallest absolute Gasteiger partial charge is 0.228 e. The van der Waals surface area contributed by atoms with E-state index in [2.05, 4.69) is 32.7 Å². The molecule has 1 heterocycles. The summed E-state index contributed by atoms with van der Waals surface area (Å²) < 4.78 is 5.33. The SMILES string of the molecule is CCCC(CCO)CN=C(NCC)NCCc1nc(-c2ccc(Cl)cc2)no1.I. The summed E-state index contributed by atoms with van der Waals surface area (Å²) in [6.45, 7) is 6.51. The number of nitrogens with one attached hydrogen (secondary N) is 2. The molecule has 1 aromatic heterocycles. The molecule has 162 valence electrons. The summed E-state index contributed by atoms with van der Waals surface area (Å²) in [5.74, 6) is 2.29. The first-order valence-electron chi connectivity index (χ1n) is 9.87. The molecule has 0 radical (unpaired) electrons. The molecule has 0 bridgehead atoms. The normalized spacial score (nSPS) is 12.3. The quantitative estimate of drug-likeness (QED) is 0.229. The van der Waals surface area contributed by atoms with Gasteiger partial charge in [0.05, 0.1) is 0 Å². The molecule has 1 atom stereocenters. The van der Waals surface area contributed by atoms with Gasteiger partial charge >= 0.3 is 0 Å². The molecule has 0 aliphatic heterocycles. The van der Waals surface area contributed by atoms with Gasteiger partial charge in [-0.1, -0.05) is 30.1 Å². The first-order chi connectivity index (χ1) is 13.7. The zero-order valence-corrected chi connectivity index (χ0v) is 20.1. The number of aliphatic hydroxyl groups is 1. The number of hydrogen-bond acceptors (Lipinski definition) is 5. The van der Waals surface area contributed by atoms with Gasteiger partial charge in [0, 0.05) is 43.2 Å². The number of hydrogen-bond donors (Lipinski definition) is 3. The Labute approximate surface area is 194 Å². The fourth-order valence-corrected chi connectivity index (χ4v) is 2.97. The monoisotopic (exact) mass is 535 g/mol. The Bertz CT molecular complexity index is 718. The van der Waals surface area contributed by atoms with Crippen LogP contribution >= 0.6 is 35.6 Å². The van der Waals surface area contributed by atoms with Crippen LogP contribution in [0.25, 0.3) is 11.4 Å². The van der Waals surface area contributed by atoms with Gasteiger partial charge in [-0.25, -0.2) is 0 Å². The molecule has 3 N–H and O–H groups in total. The van der Waals surface area contributed by atoms with Crippen molar-refractivity contribution in [2.45, 2.75) is 39.5 Å². The minimum atomic E-state index is 0.